The summed E-state index contributed by atoms with van der Waals surface area (Å²) in [7, 11) is 0. The number of ketones is 1. The van der Waals surface area contributed by atoms with Crippen molar-refractivity contribution in [1.82, 2.24) is 0 Å². The first-order chi connectivity index (χ1) is 8.20. The number of Topliss-reactive ketones (excluding diaryl/α,β-unsaturated/α-hetero) is 1. The van der Waals surface area contributed by atoms with Crippen LogP contribution in [0.3, 0.4) is 0 Å². The molecule has 1 aromatic heterocycles. The van der Waals surface area contributed by atoms with E-state index in [-0.39, 0.29) is 24.0 Å². The molecule has 1 heterocycles. The number of fused-ring (bicyclic) bond motifs is 1. The highest BCUT2D eigenvalue weighted by Crippen LogP contribution is 2.20. The Morgan fingerprint density at radius 3 is 3.00 bits per heavy atom. The van der Waals surface area contributed by atoms with E-state index in [9.17, 15) is 9.18 Å². The predicted octanol–water partition coefficient (Wildman–Crippen LogP) is 1.73. The number of hydrogen-bond donors (Lipinski definition) is 1. The van der Waals surface area contributed by atoms with E-state index in [0.717, 1.165) is 0 Å². The molecule has 5 heteroatoms. The maximum atomic E-state index is 12.9. The van der Waals surface area contributed by atoms with Crippen LogP contribution < -0.4 is 5.73 Å². The largest absolute Gasteiger partial charge is 0.453 e. The summed E-state index contributed by atoms with van der Waals surface area (Å²) >= 11 is 0. The first-order valence-corrected chi connectivity index (χ1v) is 5.21. The monoisotopic (exact) mass is 237 g/mol. The fourth-order valence-electron chi connectivity index (χ4n) is 1.47. The maximum absolute atomic E-state index is 12.9. The minimum Gasteiger partial charge on any atom is -0.453 e. The van der Waals surface area contributed by atoms with Gasteiger partial charge in [-0.05, 0) is 24.3 Å². The lowest BCUT2D eigenvalue weighted by atomic mass is 10.2. The van der Waals surface area contributed by atoms with Crippen LogP contribution in [0, 0.1) is 5.82 Å². The zero-order valence-corrected chi connectivity index (χ0v) is 9.11. The van der Waals surface area contributed by atoms with E-state index in [1.807, 2.05) is 0 Å². The molecule has 17 heavy (non-hydrogen) atoms. The number of halogens is 1. The molecular formula is C12H12FNO3. The molecule has 0 radical (unpaired) electrons. The summed E-state index contributed by atoms with van der Waals surface area (Å²) < 4.78 is 23.2. The average molecular weight is 237 g/mol. The molecule has 0 saturated heterocycles. The summed E-state index contributed by atoms with van der Waals surface area (Å²) in [4.78, 5) is 11.6. The van der Waals surface area contributed by atoms with Crippen molar-refractivity contribution in [3.63, 3.8) is 0 Å². The summed E-state index contributed by atoms with van der Waals surface area (Å²) in [6.45, 7) is 0.596. The molecule has 0 bridgehead atoms. The van der Waals surface area contributed by atoms with Crippen molar-refractivity contribution in [2.75, 3.05) is 19.8 Å². The quantitative estimate of drug-likeness (QED) is 0.635. The van der Waals surface area contributed by atoms with Crippen molar-refractivity contribution < 1.29 is 18.3 Å². The summed E-state index contributed by atoms with van der Waals surface area (Å²) in [5, 5.41) is 0.562. The van der Waals surface area contributed by atoms with Gasteiger partial charge in [-0.15, -0.1) is 0 Å². The van der Waals surface area contributed by atoms with E-state index in [1.54, 1.807) is 0 Å². The van der Waals surface area contributed by atoms with Crippen LogP contribution in [0.2, 0.25) is 0 Å². The Bertz CT molecular complexity index is 536. The van der Waals surface area contributed by atoms with Crippen LogP contribution in [0.1, 0.15) is 10.6 Å². The normalized spacial score (nSPS) is 10.9. The molecule has 2 N–H and O–H groups in total. The van der Waals surface area contributed by atoms with Crippen molar-refractivity contribution in [3.05, 3.63) is 35.8 Å². The summed E-state index contributed by atoms with van der Waals surface area (Å²) in [5.74, 6) is -0.477. The molecule has 0 amide bonds. The van der Waals surface area contributed by atoms with Gasteiger partial charge >= 0.3 is 0 Å². The average Bonchev–Trinajstić information content (AvgIpc) is 2.72. The van der Waals surface area contributed by atoms with Crippen molar-refractivity contribution in [3.8, 4) is 0 Å². The molecule has 0 fully saturated rings. The molecule has 0 aliphatic heterocycles. The van der Waals surface area contributed by atoms with Gasteiger partial charge in [-0.3, -0.25) is 4.79 Å². The molecular weight excluding hydrogens is 225 g/mol. The number of benzene rings is 1. The Hall–Kier alpha value is -1.72. The lowest BCUT2D eigenvalue weighted by molar-refractivity contribution is 0.0749. The Morgan fingerprint density at radius 1 is 1.41 bits per heavy atom. The molecule has 0 aliphatic rings. The number of nitrogens with two attached hydrogens (primary N) is 1. The lowest BCUT2D eigenvalue weighted by Gasteiger charge is -1.98. The molecule has 0 spiro atoms. The lowest BCUT2D eigenvalue weighted by Crippen LogP contribution is -2.14. The van der Waals surface area contributed by atoms with Gasteiger partial charge in [0.15, 0.2) is 5.76 Å². The van der Waals surface area contributed by atoms with Crippen LogP contribution in [-0.2, 0) is 4.74 Å². The minimum atomic E-state index is -0.364. The van der Waals surface area contributed by atoms with Gasteiger partial charge < -0.3 is 14.9 Å². The summed E-state index contributed by atoms with van der Waals surface area (Å²) in [6.07, 6.45) is 0. The Morgan fingerprint density at radius 2 is 2.24 bits per heavy atom. The zero-order valence-electron chi connectivity index (χ0n) is 9.11. The van der Waals surface area contributed by atoms with Crippen LogP contribution in [0.4, 0.5) is 4.39 Å². The van der Waals surface area contributed by atoms with Crippen molar-refractivity contribution >= 4 is 16.8 Å². The van der Waals surface area contributed by atoms with Gasteiger partial charge in [0.05, 0.1) is 6.61 Å². The second kappa shape index (κ2) is 5.07. The highest BCUT2D eigenvalue weighted by molar-refractivity contribution is 5.98. The van der Waals surface area contributed by atoms with Crippen molar-refractivity contribution in [1.29, 1.82) is 0 Å². The van der Waals surface area contributed by atoms with E-state index in [2.05, 4.69) is 0 Å². The SMILES string of the molecule is NCCOCC(=O)c1cc2cc(F)ccc2o1. The molecule has 0 aliphatic carbocycles. The minimum absolute atomic E-state index is 0.0838. The van der Waals surface area contributed by atoms with Crippen molar-refractivity contribution in [2.45, 2.75) is 0 Å². The molecule has 1 aromatic carbocycles. The molecule has 90 valence electrons. The van der Waals surface area contributed by atoms with E-state index in [0.29, 0.717) is 24.1 Å². The summed E-state index contributed by atoms with van der Waals surface area (Å²) in [5.41, 5.74) is 5.71. The predicted molar refractivity (Wildman–Crippen MR) is 60.4 cm³/mol. The zero-order chi connectivity index (χ0) is 12.3. The fraction of sp³-hybridized carbons (Fsp3) is 0.250. The molecule has 0 unspecified atom stereocenters. The first-order valence-electron chi connectivity index (χ1n) is 5.21. The Balaban J connectivity index is 2.15. The highest BCUT2D eigenvalue weighted by atomic mass is 19.1. The number of rotatable bonds is 5. The summed E-state index contributed by atoms with van der Waals surface area (Å²) in [6, 6.07) is 5.59. The number of furan rings is 1. The van der Waals surface area contributed by atoms with Gasteiger partial charge in [-0.25, -0.2) is 4.39 Å². The first kappa shape index (κ1) is 11.8. The third-order valence-electron chi connectivity index (χ3n) is 2.25. The third kappa shape index (κ3) is 2.69. The van der Waals surface area contributed by atoms with Crippen LogP contribution in [0.15, 0.2) is 28.7 Å². The topological polar surface area (TPSA) is 65.5 Å². The van der Waals surface area contributed by atoms with Gasteiger partial charge in [-0.1, -0.05) is 0 Å². The van der Waals surface area contributed by atoms with E-state index in [1.165, 1.54) is 24.3 Å². The second-order valence-electron chi connectivity index (χ2n) is 3.56. The number of carbonyl (C=O) groups is 1. The molecule has 0 saturated carbocycles. The maximum Gasteiger partial charge on any atom is 0.223 e. The number of ether oxygens (including phenoxy) is 1. The van der Waals surface area contributed by atoms with Gasteiger partial charge in [0.2, 0.25) is 5.78 Å². The highest BCUT2D eigenvalue weighted by Gasteiger charge is 2.12. The number of hydrogen-bond acceptors (Lipinski definition) is 4. The molecule has 2 aromatic rings. The van der Waals surface area contributed by atoms with E-state index in [4.69, 9.17) is 14.9 Å². The number of carbonyl (C=O) groups excluding carboxylic acids is 1. The van der Waals surface area contributed by atoms with E-state index >= 15 is 0 Å². The smallest absolute Gasteiger partial charge is 0.223 e. The van der Waals surface area contributed by atoms with Gasteiger partial charge in [0.1, 0.15) is 18.0 Å². The third-order valence-corrected chi connectivity index (χ3v) is 2.25. The van der Waals surface area contributed by atoms with Crippen LogP contribution in [0.25, 0.3) is 11.0 Å². The van der Waals surface area contributed by atoms with Crippen LogP contribution in [0.5, 0.6) is 0 Å². The van der Waals surface area contributed by atoms with Crippen molar-refractivity contribution in [2.24, 2.45) is 5.73 Å². The fourth-order valence-corrected chi connectivity index (χ4v) is 1.47. The standard InChI is InChI=1S/C12H12FNO3/c13-9-1-2-11-8(5-9)6-12(17-11)10(15)7-16-4-3-14/h1-2,5-6H,3-4,7,14H2. The van der Waals surface area contributed by atoms with Gasteiger partial charge in [-0.2, -0.15) is 0 Å². The molecule has 0 atom stereocenters. The molecule has 2 rings (SSSR count). The van der Waals surface area contributed by atoms with Crippen LogP contribution in [-0.4, -0.2) is 25.5 Å². The van der Waals surface area contributed by atoms with Gasteiger partial charge in [0.25, 0.3) is 0 Å². The van der Waals surface area contributed by atoms with Crippen LogP contribution >= 0.6 is 0 Å². The second-order valence-corrected chi connectivity index (χ2v) is 3.56. The van der Waals surface area contributed by atoms with E-state index < -0.39 is 0 Å². The Labute approximate surface area is 97.1 Å². The Kier molecular flexibility index (Phi) is 3.51. The molecule has 4 nitrogen and oxygen atoms in total. The van der Waals surface area contributed by atoms with Gasteiger partial charge in [0, 0.05) is 11.9 Å².